The minimum Gasteiger partial charge on any atom is -0.441 e. The summed E-state index contributed by atoms with van der Waals surface area (Å²) in [6, 6.07) is 5.70. The molecule has 0 spiro atoms. The molecule has 0 radical (unpaired) electrons. The summed E-state index contributed by atoms with van der Waals surface area (Å²) < 4.78 is 5.54. The summed E-state index contributed by atoms with van der Waals surface area (Å²) >= 11 is 0. The number of benzene rings is 1. The lowest BCUT2D eigenvalue weighted by Crippen LogP contribution is -2.39. The third kappa shape index (κ3) is 4.00. The summed E-state index contributed by atoms with van der Waals surface area (Å²) in [4.78, 5) is 32.8. The number of hydrogen-bond donors (Lipinski definition) is 0. The summed E-state index contributed by atoms with van der Waals surface area (Å²) in [5, 5.41) is 0. The molecule has 6 heteroatoms. The van der Waals surface area contributed by atoms with Crippen LogP contribution in [0.4, 0.5) is 0 Å². The van der Waals surface area contributed by atoms with Crippen molar-refractivity contribution >= 4 is 22.9 Å². The average molecular weight is 343 g/mol. The van der Waals surface area contributed by atoms with E-state index in [9.17, 15) is 9.59 Å². The number of hydrogen-bond acceptors (Lipinski definition) is 4. The van der Waals surface area contributed by atoms with Gasteiger partial charge in [-0.25, -0.2) is 4.98 Å². The summed E-state index contributed by atoms with van der Waals surface area (Å²) in [6.45, 7) is 8.28. The molecule has 1 aromatic carbocycles. The third-order valence-electron chi connectivity index (χ3n) is 4.57. The zero-order valence-electron chi connectivity index (χ0n) is 15.1. The number of carbonyl (C=O) groups excluding carboxylic acids is 2. The summed E-state index contributed by atoms with van der Waals surface area (Å²) in [7, 11) is 0. The molecule has 2 amide bonds. The van der Waals surface area contributed by atoms with Crippen molar-refractivity contribution in [3.8, 4) is 0 Å². The molecule has 1 fully saturated rings. The summed E-state index contributed by atoms with van der Waals surface area (Å²) in [5.41, 5.74) is 2.45. The lowest BCUT2D eigenvalue weighted by atomic mass is 10.1. The molecular weight excluding hydrogens is 318 g/mol. The molecule has 0 saturated carbocycles. The Hall–Kier alpha value is -2.37. The first-order valence-electron chi connectivity index (χ1n) is 8.86. The molecule has 1 aliphatic heterocycles. The molecule has 25 heavy (non-hydrogen) atoms. The third-order valence-corrected chi connectivity index (χ3v) is 4.57. The van der Waals surface area contributed by atoms with E-state index >= 15 is 0 Å². The lowest BCUT2D eigenvalue weighted by Gasteiger charge is -2.23. The second-order valence-electron chi connectivity index (χ2n) is 6.93. The van der Waals surface area contributed by atoms with Crippen LogP contribution in [-0.4, -0.2) is 52.8 Å². The predicted molar refractivity (Wildman–Crippen MR) is 95.1 cm³/mol. The lowest BCUT2D eigenvalue weighted by molar-refractivity contribution is -0.135. The largest absolute Gasteiger partial charge is 0.441 e. The van der Waals surface area contributed by atoms with E-state index in [1.165, 1.54) is 0 Å². The normalized spacial score (nSPS) is 15.7. The van der Waals surface area contributed by atoms with Gasteiger partial charge >= 0.3 is 0 Å². The molecule has 1 aliphatic rings. The zero-order valence-corrected chi connectivity index (χ0v) is 15.1. The predicted octanol–water partition coefficient (Wildman–Crippen LogP) is 2.40. The van der Waals surface area contributed by atoms with Crippen LogP contribution in [0.3, 0.4) is 0 Å². The molecule has 2 aromatic rings. The van der Waals surface area contributed by atoms with Crippen molar-refractivity contribution in [2.75, 3.05) is 26.2 Å². The molecular formula is C19H25N3O3. The highest BCUT2D eigenvalue weighted by Gasteiger charge is 2.23. The van der Waals surface area contributed by atoms with Crippen LogP contribution < -0.4 is 0 Å². The Labute approximate surface area is 147 Å². The van der Waals surface area contributed by atoms with Gasteiger partial charge < -0.3 is 14.2 Å². The van der Waals surface area contributed by atoms with Gasteiger partial charge in [0.1, 0.15) is 5.52 Å². The number of nitrogens with zero attached hydrogens (tertiary/aromatic N) is 3. The SMILES string of the molecule is Cc1nc2ccc(CC(=O)N3CCCN(C(=O)C(C)C)CC3)cc2o1. The Morgan fingerprint density at radius 2 is 1.88 bits per heavy atom. The van der Waals surface area contributed by atoms with Crippen LogP contribution >= 0.6 is 0 Å². The van der Waals surface area contributed by atoms with E-state index in [0.717, 1.165) is 24.0 Å². The fourth-order valence-electron chi connectivity index (χ4n) is 3.23. The van der Waals surface area contributed by atoms with E-state index in [1.807, 2.05) is 48.8 Å². The number of carbonyl (C=O) groups is 2. The van der Waals surface area contributed by atoms with Gasteiger partial charge in [0.15, 0.2) is 11.5 Å². The Morgan fingerprint density at radius 3 is 2.64 bits per heavy atom. The first kappa shape index (κ1) is 17.5. The van der Waals surface area contributed by atoms with E-state index in [0.29, 0.717) is 37.5 Å². The van der Waals surface area contributed by atoms with Crippen LogP contribution in [-0.2, 0) is 16.0 Å². The van der Waals surface area contributed by atoms with E-state index in [2.05, 4.69) is 4.98 Å². The highest BCUT2D eigenvalue weighted by Crippen LogP contribution is 2.18. The van der Waals surface area contributed by atoms with E-state index < -0.39 is 0 Å². The van der Waals surface area contributed by atoms with Crippen molar-refractivity contribution in [1.82, 2.24) is 14.8 Å². The summed E-state index contributed by atoms with van der Waals surface area (Å²) in [5.74, 6) is 0.884. The Balaban J connectivity index is 1.63. The minimum absolute atomic E-state index is 0.000610. The molecule has 1 aromatic heterocycles. The number of oxazole rings is 1. The average Bonchev–Trinajstić information content (AvgIpc) is 2.78. The number of rotatable bonds is 3. The second kappa shape index (κ2) is 7.25. The number of aryl methyl sites for hydroxylation is 1. The van der Waals surface area contributed by atoms with Gasteiger partial charge in [-0.2, -0.15) is 0 Å². The number of fused-ring (bicyclic) bond motifs is 1. The number of aromatic nitrogens is 1. The topological polar surface area (TPSA) is 66.7 Å². The van der Waals surface area contributed by atoms with Crippen LogP contribution in [0.5, 0.6) is 0 Å². The first-order valence-corrected chi connectivity index (χ1v) is 8.86. The van der Waals surface area contributed by atoms with Gasteiger partial charge in [0.05, 0.1) is 6.42 Å². The zero-order chi connectivity index (χ0) is 18.0. The molecule has 0 N–H and O–H groups in total. The summed E-state index contributed by atoms with van der Waals surface area (Å²) in [6.07, 6.45) is 1.17. The van der Waals surface area contributed by atoms with Crippen LogP contribution in [0.25, 0.3) is 11.1 Å². The van der Waals surface area contributed by atoms with Crippen LogP contribution in [0.1, 0.15) is 31.7 Å². The highest BCUT2D eigenvalue weighted by molar-refractivity contribution is 5.81. The van der Waals surface area contributed by atoms with E-state index in [-0.39, 0.29) is 17.7 Å². The molecule has 1 saturated heterocycles. The van der Waals surface area contributed by atoms with Crippen molar-refractivity contribution in [1.29, 1.82) is 0 Å². The fraction of sp³-hybridized carbons (Fsp3) is 0.526. The highest BCUT2D eigenvalue weighted by atomic mass is 16.3. The minimum atomic E-state index is -0.000610. The van der Waals surface area contributed by atoms with Crippen LogP contribution in [0, 0.1) is 12.8 Å². The van der Waals surface area contributed by atoms with Gasteiger partial charge in [0.25, 0.3) is 0 Å². The maximum absolute atomic E-state index is 12.6. The Bertz CT molecular complexity index is 781. The fourth-order valence-corrected chi connectivity index (χ4v) is 3.23. The Kier molecular flexibility index (Phi) is 5.06. The molecule has 0 bridgehead atoms. The van der Waals surface area contributed by atoms with Crippen molar-refractivity contribution in [2.24, 2.45) is 5.92 Å². The number of amides is 2. The smallest absolute Gasteiger partial charge is 0.227 e. The van der Waals surface area contributed by atoms with E-state index in [1.54, 1.807) is 0 Å². The quantitative estimate of drug-likeness (QED) is 0.858. The van der Waals surface area contributed by atoms with Crippen molar-refractivity contribution in [2.45, 2.75) is 33.6 Å². The van der Waals surface area contributed by atoms with Crippen LogP contribution in [0.2, 0.25) is 0 Å². The molecule has 2 heterocycles. The molecule has 0 unspecified atom stereocenters. The second-order valence-corrected chi connectivity index (χ2v) is 6.93. The van der Waals surface area contributed by atoms with Crippen molar-refractivity contribution in [3.63, 3.8) is 0 Å². The van der Waals surface area contributed by atoms with E-state index in [4.69, 9.17) is 4.42 Å². The first-order chi connectivity index (χ1) is 11.9. The van der Waals surface area contributed by atoms with Gasteiger partial charge in [0, 0.05) is 39.0 Å². The Morgan fingerprint density at radius 1 is 1.16 bits per heavy atom. The van der Waals surface area contributed by atoms with Gasteiger partial charge in [0.2, 0.25) is 11.8 Å². The van der Waals surface area contributed by atoms with Crippen molar-refractivity contribution in [3.05, 3.63) is 29.7 Å². The molecule has 134 valence electrons. The molecule has 6 nitrogen and oxygen atoms in total. The molecule has 3 rings (SSSR count). The maximum Gasteiger partial charge on any atom is 0.227 e. The maximum atomic E-state index is 12.6. The monoisotopic (exact) mass is 343 g/mol. The molecule has 0 atom stereocenters. The van der Waals surface area contributed by atoms with Gasteiger partial charge in [-0.1, -0.05) is 19.9 Å². The molecule has 0 aliphatic carbocycles. The van der Waals surface area contributed by atoms with Gasteiger partial charge in [-0.15, -0.1) is 0 Å². The van der Waals surface area contributed by atoms with Crippen molar-refractivity contribution < 1.29 is 14.0 Å². The van der Waals surface area contributed by atoms with Gasteiger partial charge in [-0.05, 0) is 24.1 Å². The van der Waals surface area contributed by atoms with Gasteiger partial charge in [-0.3, -0.25) is 9.59 Å². The van der Waals surface area contributed by atoms with Crippen LogP contribution in [0.15, 0.2) is 22.6 Å². The standard InChI is InChI=1S/C19H25N3O3/c1-13(2)19(24)22-8-4-7-21(9-10-22)18(23)12-15-5-6-16-17(11-15)25-14(3)20-16/h5-6,11,13H,4,7-10,12H2,1-3H3.